The number of hydrogen-bond donors (Lipinski definition) is 1. The van der Waals surface area contributed by atoms with Gasteiger partial charge in [-0.3, -0.25) is 0 Å². The van der Waals surface area contributed by atoms with E-state index in [9.17, 15) is 9.18 Å². The maximum absolute atomic E-state index is 12.7. The predicted molar refractivity (Wildman–Crippen MR) is 36.1 cm³/mol. The van der Waals surface area contributed by atoms with Crippen LogP contribution in [0.4, 0.5) is 4.39 Å². The van der Waals surface area contributed by atoms with E-state index in [2.05, 4.69) is 0 Å². The Kier molecular flexibility index (Phi) is 2.59. The van der Waals surface area contributed by atoms with Gasteiger partial charge in [0.15, 0.2) is 0 Å². The Morgan fingerprint density at radius 3 is 3.00 bits per heavy atom. The predicted octanol–water partition coefficient (Wildman–Crippen LogP) is 0.756. The van der Waals surface area contributed by atoms with Gasteiger partial charge in [0, 0.05) is 0 Å². The number of rotatable bonds is 2. The van der Waals surface area contributed by atoms with Gasteiger partial charge in [0.2, 0.25) is 6.17 Å². The van der Waals surface area contributed by atoms with E-state index in [-0.39, 0.29) is 0 Å². The third-order valence-corrected chi connectivity index (χ3v) is 1.54. The Morgan fingerprint density at radius 1 is 1.82 bits per heavy atom. The highest BCUT2D eigenvalue weighted by atomic mass is 19.1. The van der Waals surface area contributed by atoms with E-state index in [1.165, 1.54) is 6.08 Å². The van der Waals surface area contributed by atoms with E-state index in [1.54, 1.807) is 0 Å². The molecule has 0 radical (unpaired) electrons. The summed E-state index contributed by atoms with van der Waals surface area (Å²) in [6.07, 6.45) is 0.0225. The molecule has 0 aliphatic carbocycles. The van der Waals surface area contributed by atoms with Crippen LogP contribution in [0.5, 0.6) is 0 Å². The van der Waals surface area contributed by atoms with Crippen molar-refractivity contribution in [3.05, 3.63) is 11.6 Å². The molecule has 0 aromatic carbocycles. The molecule has 0 fully saturated rings. The lowest BCUT2D eigenvalue weighted by Crippen LogP contribution is -2.21. The quantitative estimate of drug-likeness (QED) is 0.606. The van der Waals surface area contributed by atoms with Crippen LogP contribution in [0.25, 0.3) is 0 Å². The standard InChI is InChI=1S/C7H9FO3/c8-6(7(9)10)5-1-3-11-4-2-5/h1,6H,2-4H2,(H,9,10). The lowest BCUT2D eigenvalue weighted by Gasteiger charge is -2.13. The third kappa shape index (κ3) is 2.01. The summed E-state index contributed by atoms with van der Waals surface area (Å²) in [7, 11) is 0. The smallest absolute Gasteiger partial charge is 0.342 e. The van der Waals surface area contributed by atoms with Crippen LogP contribution in [0.1, 0.15) is 6.42 Å². The minimum Gasteiger partial charge on any atom is -0.479 e. The summed E-state index contributed by atoms with van der Waals surface area (Å²) in [5.74, 6) is -1.42. The zero-order valence-electron chi connectivity index (χ0n) is 5.92. The first kappa shape index (κ1) is 8.20. The van der Waals surface area contributed by atoms with Gasteiger partial charge in [-0.15, -0.1) is 0 Å². The summed E-state index contributed by atoms with van der Waals surface area (Å²) >= 11 is 0. The van der Waals surface area contributed by atoms with Crippen LogP contribution >= 0.6 is 0 Å². The highest BCUT2D eigenvalue weighted by molar-refractivity contribution is 5.76. The van der Waals surface area contributed by atoms with E-state index in [0.29, 0.717) is 25.2 Å². The van der Waals surface area contributed by atoms with Crippen LogP contribution < -0.4 is 0 Å². The molecule has 11 heavy (non-hydrogen) atoms. The summed E-state index contributed by atoms with van der Waals surface area (Å²) in [6, 6.07) is 0. The minimum atomic E-state index is -1.85. The van der Waals surface area contributed by atoms with Gasteiger partial charge in [-0.05, 0) is 12.0 Å². The van der Waals surface area contributed by atoms with Gasteiger partial charge in [-0.25, -0.2) is 9.18 Å². The summed E-state index contributed by atoms with van der Waals surface area (Å²) in [4.78, 5) is 10.1. The number of aliphatic carboxylic acids is 1. The zero-order chi connectivity index (χ0) is 8.27. The minimum absolute atomic E-state index is 0.322. The fourth-order valence-corrected chi connectivity index (χ4v) is 0.930. The Labute approximate surface area is 63.5 Å². The van der Waals surface area contributed by atoms with E-state index < -0.39 is 12.1 Å². The number of hydrogen-bond acceptors (Lipinski definition) is 2. The van der Waals surface area contributed by atoms with Crippen LogP contribution in [0.15, 0.2) is 11.6 Å². The molecule has 0 aromatic heterocycles. The number of alkyl halides is 1. The fourth-order valence-electron chi connectivity index (χ4n) is 0.930. The molecule has 3 nitrogen and oxygen atoms in total. The SMILES string of the molecule is O=C(O)C(F)C1=CCOCC1. The van der Waals surface area contributed by atoms with E-state index in [1.807, 2.05) is 0 Å². The molecule has 1 N–H and O–H groups in total. The van der Waals surface area contributed by atoms with Crippen LogP contribution in [0.3, 0.4) is 0 Å². The first-order chi connectivity index (χ1) is 5.22. The first-order valence-corrected chi connectivity index (χ1v) is 3.35. The molecule has 4 heteroatoms. The van der Waals surface area contributed by atoms with Crippen LogP contribution in [0.2, 0.25) is 0 Å². The Bertz CT molecular complexity index is 188. The molecular formula is C7H9FO3. The summed E-state index contributed by atoms with van der Waals surface area (Å²) in [6.45, 7) is 0.739. The highest BCUT2D eigenvalue weighted by Gasteiger charge is 2.21. The molecule has 1 rings (SSSR count). The van der Waals surface area contributed by atoms with Gasteiger partial charge >= 0.3 is 5.97 Å². The molecular weight excluding hydrogens is 151 g/mol. The molecule has 0 spiro atoms. The molecule has 0 amide bonds. The number of ether oxygens (including phenoxy) is 1. The normalized spacial score (nSPS) is 20.6. The van der Waals surface area contributed by atoms with Crippen molar-refractivity contribution in [2.75, 3.05) is 13.2 Å². The van der Waals surface area contributed by atoms with Crippen molar-refractivity contribution >= 4 is 5.97 Å². The Balaban J connectivity index is 2.58. The first-order valence-electron chi connectivity index (χ1n) is 3.35. The molecule has 62 valence electrons. The molecule has 0 bridgehead atoms. The second-order valence-electron chi connectivity index (χ2n) is 2.30. The van der Waals surface area contributed by atoms with Crippen molar-refractivity contribution in [2.45, 2.75) is 12.6 Å². The fraction of sp³-hybridized carbons (Fsp3) is 0.571. The van der Waals surface area contributed by atoms with Gasteiger partial charge in [-0.1, -0.05) is 6.08 Å². The second-order valence-corrected chi connectivity index (χ2v) is 2.30. The largest absolute Gasteiger partial charge is 0.479 e. The van der Waals surface area contributed by atoms with Crippen LogP contribution in [-0.4, -0.2) is 30.5 Å². The van der Waals surface area contributed by atoms with Gasteiger partial charge in [0.05, 0.1) is 13.2 Å². The van der Waals surface area contributed by atoms with E-state index in [0.717, 1.165) is 0 Å². The summed E-state index contributed by atoms with van der Waals surface area (Å²) in [5.41, 5.74) is 0.323. The van der Waals surface area contributed by atoms with Crippen molar-refractivity contribution < 1.29 is 19.0 Å². The lowest BCUT2D eigenvalue weighted by atomic mass is 10.1. The Morgan fingerprint density at radius 2 is 2.55 bits per heavy atom. The maximum Gasteiger partial charge on any atom is 0.342 e. The number of carboxylic acid groups (broad SMARTS) is 1. The topological polar surface area (TPSA) is 46.5 Å². The molecule has 1 aliphatic rings. The van der Waals surface area contributed by atoms with Crippen molar-refractivity contribution in [2.24, 2.45) is 0 Å². The van der Waals surface area contributed by atoms with Gasteiger partial charge < -0.3 is 9.84 Å². The molecule has 0 aromatic rings. The monoisotopic (exact) mass is 160 g/mol. The van der Waals surface area contributed by atoms with Crippen molar-refractivity contribution in [1.82, 2.24) is 0 Å². The van der Waals surface area contributed by atoms with Gasteiger partial charge in [-0.2, -0.15) is 0 Å². The summed E-state index contributed by atoms with van der Waals surface area (Å²) < 4.78 is 17.6. The summed E-state index contributed by atoms with van der Waals surface area (Å²) in [5, 5.41) is 8.28. The molecule has 1 atom stereocenters. The van der Waals surface area contributed by atoms with Crippen LogP contribution in [-0.2, 0) is 9.53 Å². The van der Waals surface area contributed by atoms with Crippen molar-refractivity contribution in [3.63, 3.8) is 0 Å². The van der Waals surface area contributed by atoms with Gasteiger partial charge in [0.1, 0.15) is 0 Å². The molecule has 0 saturated heterocycles. The van der Waals surface area contributed by atoms with E-state index in [4.69, 9.17) is 9.84 Å². The highest BCUT2D eigenvalue weighted by Crippen LogP contribution is 2.14. The molecule has 1 aliphatic heterocycles. The van der Waals surface area contributed by atoms with Crippen molar-refractivity contribution in [1.29, 1.82) is 0 Å². The lowest BCUT2D eigenvalue weighted by molar-refractivity contribution is -0.141. The average molecular weight is 160 g/mol. The van der Waals surface area contributed by atoms with Crippen molar-refractivity contribution in [3.8, 4) is 0 Å². The average Bonchev–Trinajstić information content (AvgIpc) is 2.05. The van der Waals surface area contributed by atoms with Crippen LogP contribution in [0, 0.1) is 0 Å². The van der Waals surface area contributed by atoms with Gasteiger partial charge in [0.25, 0.3) is 0 Å². The maximum atomic E-state index is 12.7. The molecule has 0 saturated carbocycles. The second kappa shape index (κ2) is 3.48. The number of halogens is 1. The molecule has 1 heterocycles. The number of carboxylic acids is 1. The zero-order valence-corrected chi connectivity index (χ0v) is 5.92. The Hall–Kier alpha value is -0.900. The number of carbonyl (C=O) groups is 1. The third-order valence-electron chi connectivity index (χ3n) is 1.54. The van der Waals surface area contributed by atoms with E-state index >= 15 is 0 Å². The molecule has 1 unspecified atom stereocenters.